The Bertz CT molecular complexity index is 679. The highest BCUT2D eigenvalue weighted by atomic mass is 16.6. The van der Waals surface area contributed by atoms with E-state index in [1.165, 1.54) is 7.11 Å². The van der Waals surface area contributed by atoms with Crippen LogP contribution < -0.4 is 4.90 Å². The van der Waals surface area contributed by atoms with E-state index in [4.69, 9.17) is 9.47 Å². The van der Waals surface area contributed by atoms with Gasteiger partial charge in [-0.1, -0.05) is 0 Å². The normalized spacial score (nSPS) is 16.5. The fourth-order valence-electron chi connectivity index (χ4n) is 2.67. The van der Waals surface area contributed by atoms with Crippen molar-refractivity contribution in [2.45, 2.75) is 45.9 Å². The van der Waals surface area contributed by atoms with E-state index in [2.05, 4.69) is 14.9 Å². The van der Waals surface area contributed by atoms with Crippen molar-refractivity contribution in [1.29, 1.82) is 0 Å². The number of carbonyl (C=O) groups excluding carboxylic acids is 2. The summed E-state index contributed by atoms with van der Waals surface area (Å²) in [6, 6.07) is 0. The largest absolute Gasteiger partial charge is 0.463 e. The molecule has 130 valence electrons. The van der Waals surface area contributed by atoms with E-state index in [1.54, 1.807) is 4.90 Å². The quantitative estimate of drug-likeness (QED) is 0.761. The van der Waals surface area contributed by atoms with E-state index < -0.39 is 17.7 Å². The third kappa shape index (κ3) is 3.13. The van der Waals surface area contributed by atoms with E-state index in [0.717, 1.165) is 30.9 Å². The second kappa shape index (κ2) is 5.92. The van der Waals surface area contributed by atoms with Gasteiger partial charge in [0.15, 0.2) is 0 Å². The van der Waals surface area contributed by atoms with Gasteiger partial charge in [0.2, 0.25) is 5.82 Å². The van der Waals surface area contributed by atoms with Gasteiger partial charge in [-0.3, -0.25) is 4.90 Å². The van der Waals surface area contributed by atoms with Crippen molar-refractivity contribution in [1.82, 2.24) is 14.9 Å². The number of fused-ring (bicyclic) bond motifs is 1. The molecule has 0 bridgehead atoms. The smallest absolute Gasteiger partial charge is 0.410 e. The molecule has 1 aromatic rings. The molecular weight excluding hydrogens is 312 g/mol. The minimum Gasteiger partial charge on any atom is -0.463 e. The highest BCUT2D eigenvalue weighted by Crippen LogP contribution is 2.32. The maximum absolute atomic E-state index is 12.3. The van der Waals surface area contributed by atoms with Crippen molar-refractivity contribution in [2.24, 2.45) is 0 Å². The summed E-state index contributed by atoms with van der Waals surface area (Å²) < 4.78 is 10.2. The molecule has 0 aromatic carbocycles. The Morgan fingerprint density at radius 1 is 1.12 bits per heavy atom. The van der Waals surface area contributed by atoms with Gasteiger partial charge >= 0.3 is 12.1 Å². The first-order chi connectivity index (χ1) is 11.3. The highest BCUT2D eigenvalue weighted by Gasteiger charge is 2.34. The number of ether oxygens (including phenoxy) is 2. The van der Waals surface area contributed by atoms with Crippen LogP contribution in [-0.4, -0.2) is 52.7 Å². The molecule has 1 saturated heterocycles. The lowest BCUT2D eigenvalue weighted by Crippen LogP contribution is -2.39. The second-order valence-electron chi connectivity index (χ2n) is 6.96. The maximum atomic E-state index is 12.3. The van der Waals surface area contributed by atoms with Crippen LogP contribution in [0.25, 0.3) is 0 Å². The van der Waals surface area contributed by atoms with Crippen LogP contribution in [0.5, 0.6) is 0 Å². The average molecular weight is 334 g/mol. The third-order valence-electron chi connectivity index (χ3n) is 3.94. The molecule has 1 fully saturated rings. The zero-order valence-electron chi connectivity index (χ0n) is 14.5. The number of esters is 1. The first-order valence-corrected chi connectivity index (χ1v) is 7.99. The monoisotopic (exact) mass is 334 g/mol. The van der Waals surface area contributed by atoms with E-state index >= 15 is 0 Å². The molecule has 3 rings (SSSR count). The van der Waals surface area contributed by atoms with Crippen LogP contribution in [0.4, 0.5) is 10.6 Å². The summed E-state index contributed by atoms with van der Waals surface area (Å²) >= 11 is 0. The van der Waals surface area contributed by atoms with Crippen LogP contribution in [0.3, 0.4) is 0 Å². The number of methoxy groups -OCH3 is 1. The molecule has 8 nitrogen and oxygen atoms in total. The maximum Gasteiger partial charge on any atom is 0.410 e. The zero-order chi connectivity index (χ0) is 17.5. The van der Waals surface area contributed by atoms with Gasteiger partial charge in [0.1, 0.15) is 11.4 Å². The van der Waals surface area contributed by atoms with Crippen LogP contribution in [0.1, 0.15) is 49.1 Å². The molecule has 0 spiro atoms. The lowest BCUT2D eigenvalue weighted by atomic mass is 10.1. The molecule has 2 aliphatic rings. The van der Waals surface area contributed by atoms with E-state index in [1.807, 2.05) is 20.8 Å². The molecule has 2 aliphatic heterocycles. The molecule has 24 heavy (non-hydrogen) atoms. The molecule has 0 radical (unpaired) electrons. The van der Waals surface area contributed by atoms with Gasteiger partial charge in [0.05, 0.1) is 25.9 Å². The molecule has 0 aliphatic carbocycles. The topological polar surface area (TPSA) is 84.9 Å². The lowest BCUT2D eigenvalue weighted by molar-refractivity contribution is 0.0240. The van der Waals surface area contributed by atoms with Crippen LogP contribution in [0.2, 0.25) is 0 Å². The molecule has 3 heterocycles. The van der Waals surface area contributed by atoms with Crippen LogP contribution in [0, 0.1) is 0 Å². The van der Waals surface area contributed by atoms with Gasteiger partial charge in [-0.25, -0.2) is 19.6 Å². The Kier molecular flexibility index (Phi) is 4.06. The molecular formula is C16H22N4O4. The lowest BCUT2D eigenvalue weighted by Gasteiger charge is -2.33. The number of aromatic nitrogens is 2. The fraction of sp³-hybridized carbons (Fsp3) is 0.625. The zero-order valence-corrected chi connectivity index (χ0v) is 14.5. The van der Waals surface area contributed by atoms with Gasteiger partial charge in [-0.2, -0.15) is 0 Å². The predicted octanol–water partition coefficient (Wildman–Crippen LogP) is 1.72. The third-order valence-corrected chi connectivity index (χ3v) is 3.94. The average Bonchev–Trinajstić information content (AvgIpc) is 2.87. The van der Waals surface area contributed by atoms with Crippen LogP contribution in [-0.2, 0) is 22.6 Å². The second-order valence-corrected chi connectivity index (χ2v) is 6.96. The standard InChI is InChI=1S/C16H22N4O4/c1-16(2,3)24-15(22)20-8-10-11(9-20)17-12(14(21)23-4)18-13(10)19-6-5-7-19/h5-9H2,1-4H3. The van der Waals surface area contributed by atoms with Crippen molar-refractivity contribution in [3.63, 3.8) is 0 Å². The Balaban J connectivity index is 1.89. The Labute approximate surface area is 140 Å². The van der Waals surface area contributed by atoms with Crippen LogP contribution >= 0.6 is 0 Å². The first-order valence-electron chi connectivity index (χ1n) is 7.99. The number of amides is 1. The summed E-state index contributed by atoms with van der Waals surface area (Å²) in [5.74, 6) is 0.178. The Hall–Kier alpha value is -2.38. The van der Waals surface area contributed by atoms with Gasteiger partial charge in [0.25, 0.3) is 0 Å². The van der Waals surface area contributed by atoms with Crippen molar-refractivity contribution >= 4 is 17.9 Å². The van der Waals surface area contributed by atoms with Crippen molar-refractivity contribution in [3.05, 3.63) is 17.1 Å². The van der Waals surface area contributed by atoms with Gasteiger partial charge < -0.3 is 14.4 Å². The van der Waals surface area contributed by atoms with E-state index in [-0.39, 0.29) is 5.82 Å². The highest BCUT2D eigenvalue weighted by molar-refractivity contribution is 5.86. The molecule has 1 amide bonds. The molecule has 0 saturated carbocycles. The summed E-state index contributed by atoms with van der Waals surface area (Å²) in [7, 11) is 1.30. The van der Waals surface area contributed by atoms with Gasteiger partial charge in [0, 0.05) is 18.7 Å². The molecule has 0 atom stereocenters. The molecule has 0 N–H and O–H groups in total. The predicted molar refractivity (Wildman–Crippen MR) is 85.7 cm³/mol. The van der Waals surface area contributed by atoms with E-state index in [9.17, 15) is 9.59 Å². The summed E-state index contributed by atoms with van der Waals surface area (Å²) in [5.41, 5.74) is 1.00. The number of anilines is 1. The molecule has 8 heteroatoms. The van der Waals surface area contributed by atoms with Crippen molar-refractivity contribution in [2.75, 3.05) is 25.1 Å². The van der Waals surface area contributed by atoms with Gasteiger partial charge in [-0.15, -0.1) is 0 Å². The number of nitrogens with zero attached hydrogens (tertiary/aromatic N) is 4. The van der Waals surface area contributed by atoms with Crippen molar-refractivity contribution < 1.29 is 19.1 Å². The molecule has 1 aromatic heterocycles. The minimum atomic E-state index is -0.574. The SMILES string of the molecule is COC(=O)c1nc2c(c(N3CCC3)n1)CN(C(=O)OC(C)(C)C)C2. The first kappa shape index (κ1) is 16.5. The summed E-state index contributed by atoms with van der Waals surface area (Å²) in [6.07, 6.45) is 0.692. The number of rotatable bonds is 2. The van der Waals surface area contributed by atoms with E-state index in [0.29, 0.717) is 18.8 Å². The number of hydrogen-bond donors (Lipinski definition) is 0. The van der Waals surface area contributed by atoms with Crippen molar-refractivity contribution in [3.8, 4) is 0 Å². The number of hydrogen-bond acceptors (Lipinski definition) is 7. The summed E-state index contributed by atoms with van der Waals surface area (Å²) in [5, 5.41) is 0. The van der Waals surface area contributed by atoms with Gasteiger partial charge in [-0.05, 0) is 27.2 Å². The summed E-state index contributed by atoms with van der Waals surface area (Å²) in [4.78, 5) is 36.5. The fourth-order valence-corrected chi connectivity index (χ4v) is 2.67. The summed E-state index contributed by atoms with van der Waals surface area (Å²) in [6.45, 7) is 7.94. The Morgan fingerprint density at radius 3 is 2.38 bits per heavy atom. The minimum absolute atomic E-state index is 0.0317. The van der Waals surface area contributed by atoms with Crippen LogP contribution in [0.15, 0.2) is 0 Å². The number of carbonyl (C=O) groups is 2. The Morgan fingerprint density at radius 2 is 1.83 bits per heavy atom. The molecule has 0 unspecified atom stereocenters.